The lowest BCUT2D eigenvalue weighted by molar-refractivity contribution is -0.167. The van der Waals surface area contributed by atoms with Crippen LogP contribution in [0.3, 0.4) is 0 Å². The zero-order valence-corrected chi connectivity index (χ0v) is 48.4. The summed E-state index contributed by atoms with van der Waals surface area (Å²) in [6, 6.07) is 0. The maximum absolute atomic E-state index is 12.9. The number of hydrogen-bond donors (Lipinski definition) is 0. The number of hydrogen-bond acceptors (Lipinski definition) is 6. The lowest BCUT2D eigenvalue weighted by atomic mass is 10.1. The van der Waals surface area contributed by atoms with Crippen LogP contribution in [0.4, 0.5) is 0 Å². The van der Waals surface area contributed by atoms with Crippen LogP contribution in [0.15, 0.2) is 72.9 Å². The van der Waals surface area contributed by atoms with Crippen molar-refractivity contribution in [1.82, 2.24) is 0 Å². The van der Waals surface area contributed by atoms with Crippen LogP contribution < -0.4 is 0 Å². The van der Waals surface area contributed by atoms with E-state index in [-0.39, 0.29) is 31.1 Å². The Kier molecular flexibility index (Phi) is 58.7. The smallest absolute Gasteiger partial charge is 0.306 e. The average molecular weight is 1020 g/mol. The van der Waals surface area contributed by atoms with Crippen molar-refractivity contribution in [3.63, 3.8) is 0 Å². The molecule has 0 bridgehead atoms. The molecule has 422 valence electrons. The van der Waals surface area contributed by atoms with Gasteiger partial charge in [0.15, 0.2) is 6.10 Å². The van der Waals surface area contributed by atoms with Gasteiger partial charge in [0.2, 0.25) is 0 Å². The molecule has 0 aliphatic carbocycles. The van der Waals surface area contributed by atoms with E-state index >= 15 is 0 Å². The van der Waals surface area contributed by atoms with Gasteiger partial charge in [0.05, 0.1) is 0 Å². The van der Waals surface area contributed by atoms with Gasteiger partial charge in [-0.05, 0) is 109 Å². The number of esters is 3. The summed E-state index contributed by atoms with van der Waals surface area (Å²) < 4.78 is 16.9. The summed E-state index contributed by atoms with van der Waals surface area (Å²) in [4.78, 5) is 38.3. The molecular weight excluding hydrogens is 901 g/mol. The topological polar surface area (TPSA) is 78.9 Å². The van der Waals surface area contributed by atoms with E-state index in [0.29, 0.717) is 19.3 Å². The molecule has 0 aromatic carbocycles. The van der Waals surface area contributed by atoms with Crippen molar-refractivity contribution in [3.8, 4) is 0 Å². The summed E-state index contributed by atoms with van der Waals surface area (Å²) >= 11 is 0. The molecule has 0 rings (SSSR count). The molecule has 0 amide bonds. The van der Waals surface area contributed by atoms with Crippen LogP contribution in [0.5, 0.6) is 0 Å². The Morgan fingerprint density at radius 1 is 0.274 bits per heavy atom. The number of ether oxygens (including phenoxy) is 3. The summed E-state index contributed by atoms with van der Waals surface area (Å²) in [5, 5.41) is 0. The molecule has 6 nitrogen and oxygen atoms in total. The fourth-order valence-electron chi connectivity index (χ4n) is 8.87. The summed E-state index contributed by atoms with van der Waals surface area (Å²) in [7, 11) is 0. The van der Waals surface area contributed by atoms with E-state index in [4.69, 9.17) is 14.2 Å². The second kappa shape index (κ2) is 61.4. The first kappa shape index (κ1) is 69.8. The molecule has 0 aromatic heterocycles. The van der Waals surface area contributed by atoms with E-state index in [9.17, 15) is 14.4 Å². The molecular formula is C67H118O6. The maximum atomic E-state index is 12.9. The van der Waals surface area contributed by atoms with Gasteiger partial charge in [-0.3, -0.25) is 14.4 Å². The van der Waals surface area contributed by atoms with Crippen LogP contribution in [0.25, 0.3) is 0 Å². The first-order valence-electron chi connectivity index (χ1n) is 31.4. The van der Waals surface area contributed by atoms with Crippen molar-refractivity contribution in [2.75, 3.05) is 13.2 Å². The van der Waals surface area contributed by atoms with E-state index in [1.54, 1.807) is 0 Å². The van der Waals surface area contributed by atoms with Crippen molar-refractivity contribution >= 4 is 17.9 Å². The molecule has 0 saturated carbocycles. The standard InChI is InChI=1S/C67H118O6/c1-4-7-10-13-16-19-22-25-28-30-32-33-34-35-36-38-39-42-45-48-51-54-57-60-66(69)72-63-64(62-71-65(68)59-56-53-50-47-44-41-27-24-21-18-15-12-9-6-3)73-67(70)61-58-55-52-49-46-43-40-37-31-29-26-23-20-17-14-11-8-5-2/h15,18,22,24-25,27,29-32,34-35,64H,4-14,16-17,19-21,23,26,28,33,36-63H2,1-3H3/b18-15-,25-22-,27-24-,31-29-,32-30-,35-34-. The van der Waals surface area contributed by atoms with Crippen molar-refractivity contribution in [3.05, 3.63) is 72.9 Å². The van der Waals surface area contributed by atoms with Crippen LogP contribution in [-0.4, -0.2) is 37.2 Å². The van der Waals surface area contributed by atoms with Crippen LogP contribution in [-0.2, 0) is 28.6 Å². The third-order valence-electron chi connectivity index (χ3n) is 13.7. The van der Waals surface area contributed by atoms with Crippen LogP contribution in [0.1, 0.15) is 316 Å². The van der Waals surface area contributed by atoms with Crippen molar-refractivity contribution in [1.29, 1.82) is 0 Å². The lowest BCUT2D eigenvalue weighted by Crippen LogP contribution is -2.30. The Balaban J connectivity index is 4.37. The Morgan fingerprint density at radius 2 is 0.507 bits per heavy atom. The molecule has 0 N–H and O–H groups in total. The quantitative estimate of drug-likeness (QED) is 0.0261. The predicted molar refractivity (Wildman–Crippen MR) is 316 cm³/mol. The van der Waals surface area contributed by atoms with Crippen molar-refractivity contribution in [2.24, 2.45) is 0 Å². The molecule has 0 saturated heterocycles. The summed E-state index contributed by atoms with van der Waals surface area (Å²) in [6.07, 6.45) is 79.0. The number of carbonyl (C=O) groups is 3. The molecule has 0 aromatic rings. The number of carbonyl (C=O) groups excluding carboxylic acids is 3. The van der Waals surface area contributed by atoms with E-state index in [2.05, 4.69) is 93.7 Å². The maximum Gasteiger partial charge on any atom is 0.306 e. The van der Waals surface area contributed by atoms with Crippen LogP contribution in [0.2, 0.25) is 0 Å². The fraction of sp³-hybridized carbons (Fsp3) is 0.776. The van der Waals surface area contributed by atoms with E-state index in [1.165, 1.54) is 180 Å². The minimum atomic E-state index is -0.788. The zero-order chi connectivity index (χ0) is 52.9. The van der Waals surface area contributed by atoms with E-state index < -0.39 is 6.10 Å². The van der Waals surface area contributed by atoms with Gasteiger partial charge in [-0.15, -0.1) is 0 Å². The highest BCUT2D eigenvalue weighted by Crippen LogP contribution is 2.16. The number of unbranched alkanes of at least 4 members (excludes halogenated alkanes) is 34. The normalized spacial score (nSPS) is 12.5. The summed E-state index contributed by atoms with van der Waals surface area (Å²) in [5.41, 5.74) is 0. The average Bonchev–Trinajstić information content (AvgIpc) is 3.39. The number of rotatable bonds is 57. The van der Waals surface area contributed by atoms with Crippen molar-refractivity contribution in [2.45, 2.75) is 322 Å². The van der Waals surface area contributed by atoms with Gasteiger partial charge in [-0.1, -0.05) is 261 Å². The molecule has 1 atom stereocenters. The van der Waals surface area contributed by atoms with Gasteiger partial charge >= 0.3 is 17.9 Å². The molecule has 0 spiro atoms. The van der Waals surface area contributed by atoms with E-state index in [1.807, 2.05) is 0 Å². The van der Waals surface area contributed by atoms with Gasteiger partial charge < -0.3 is 14.2 Å². The molecule has 0 aliphatic heterocycles. The first-order chi connectivity index (χ1) is 36.0. The van der Waals surface area contributed by atoms with Gasteiger partial charge in [0.25, 0.3) is 0 Å². The SMILES string of the molecule is CCCC/C=C\C/C=C\CCCCCCCC(=O)OCC(COC(=O)CCCCCCCCCC/C=C\C/C=C\C/C=C\CCCCCCC)OC(=O)CCCCCCCCC/C=C\CCCCCCCCC. The monoisotopic (exact) mass is 1020 g/mol. The highest BCUT2D eigenvalue weighted by atomic mass is 16.6. The molecule has 6 heteroatoms. The van der Waals surface area contributed by atoms with Gasteiger partial charge in [-0.25, -0.2) is 0 Å². The largest absolute Gasteiger partial charge is 0.462 e. The Morgan fingerprint density at radius 3 is 0.822 bits per heavy atom. The highest BCUT2D eigenvalue weighted by Gasteiger charge is 2.19. The van der Waals surface area contributed by atoms with E-state index in [0.717, 1.165) is 96.3 Å². The Bertz CT molecular complexity index is 1360. The molecule has 0 radical (unpaired) electrons. The molecule has 0 heterocycles. The van der Waals surface area contributed by atoms with Crippen molar-refractivity contribution < 1.29 is 28.6 Å². The summed E-state index contributed by atoms with van der Waals surface area (Å²) in [5.74, 6) is -0.898. The third kappa shape index (κ3) is 59.6. The minimum Gasteiger partial charge on any atom is -0.462 e. The van der Waals surface area contributed by atoms with Crippen LogP contribution in [0, 0.1) is 0 Å². The number of allylic oxidation sites excluding steroid dienone is 12. The molecule has 0 fully saturated rings. The zero-order valence-electron chi connectivity index (χ0n) is 48.4. The second-order valence-electron chi connectivity index (χ2n) is 21.0. The lowest BCUT2D eigenvalue weighted by Gasteiger charge is -2.18. The predicted octanol–water partition coefficient (Wildman–Crippen LogP) is 21.3. The molecule has 1 unspecified atom stereocenters. The Labute approximate surface area is 453 Å². The summed E-state index contributed by atoms with van der Waals surface area (Å²) in [6.45, 7) is 6.59. The highest BCUT2D eigenvalue weighted by molar-refractivity contribution is 5.71. The Hall–Kier alpha value is -3.15. The van der Waals surface area contributed by atoms with Crippen LogP contribution >= 0.6 is 0 Å². The first-order valence-corrected chi connectivity index (χ1v) is 31.4. The third-order valence-corrected chi connectivity index (χ3v) is 13.7. The molecule has 0 aliphatic rings. The van der Waals surface area contributed by atoms with Gasteiger partial charge in [0.1, 0.15) is 13.2 Å². The fourth-order valence-corrected chi connectivity index (χ4v) is 8.87. The molecule has 73 heavy (non-hydrogen) atoms. The minimum absolute atomic E-state index is 0.0847. The van der Waals surface area contributed by atoms with Gasteiger partial charge in [-0.2, -0.15) is 0 Å². The van der Waals surface area contributed by atoms with Gasteiger partial charge in [0, 0.05) is 19.3 Å². The second-order valence-corrected chi connectivity index (χ2v) is 21.0.